The summed E-state index contributed by atoms with van der Waals surface area (Å²) in [6, 6.07) is 6.42. The second-order valence-electron chi connectivity index (χ2n) is 6.50. The van der Waals surface area contributed by atoms with Gasteiger partial charge in [0.2, 0.25) is 5.95 Å². The normalized spacial score (nSPS) is 10.7. The smallest absolute Gasteiger partial charge is 0.337 e. The zero-order valence-electron chi connectivity index (χ0n) is 16.3. The molecular formula is C20H17F3N4O3. The van der Waals surface area contributed by atoms with E-state index >= 15 is 0 Å². The molecule has 0 atom stereocenters. The molecule has 0 radical (unpaired) electrons. The van der Waals surface area contributed by atoms with Gasteiger partial charge < -0.3 is 10.1 Å². The van der Waals surface area contributed by atoms with E-state index in [0.29, 0.717) is 5.69 Å². The number of nitrogens with one attached hydrogen (secondary N) is 1. The lowest BCUT2D eigenvalue weighted by Crippen LogP contribution is -2.23. The predicted molar refractivity (Wildman–Crippen MR) is 102 cm³/mol. The molecule has 0 aliphatic rings. The van der Waals surface area contributed by atoms with E-state index in [0.717, 1.165) is 17.7 Å². The zero-order valence-corrected chi connectivity index (χ0v) is 16.3. The Morgan fingerprint density at radius 3 is 2.43 bits per heavy atom. The highest BCUT2D eigenvalue weighted by molar-refractivity contribution is 5.91. The van der Waals surface area contributed by atoms with Gasteiger partial charge in [0, 0.05) is 5.69 Å². The van der Waals surface area contributed by atoms with Gasteiger partial charge in [0.1, 0.15) is 5.69 Å². The van der Waals surface area contributed by atoms with Crippen LogP contribution in [0.2, 0.25) is 0 Å². The zero-order chi connectivity index (χ0) is 22.0. The van der Waals surface area contributed by atoms with Gasteiger partial charge in [-0.05, 0) is 49.2 Å². The number of methoxy groups -OCH3 is 1. The first-order valence-electron chi connectivity index (χ1n) is 8.74. The van der Waals surface area contributed by atoms with Crippen molar-refractivity contribution in [2.24, 2.45) is 0 Å². The van der Waals surface area contributed by atoms with Gasteiger partial charge in [-0.3, -0.25) is 4.79 Å². The van der Waals surface area contributed by atoms with Gasteiger partial charge in [-0.15, -0.1) is 0 Å². The van der Waals surface area contributed by atoms with Gasteiger partial charge in [0.15, 0.2) is 17.5 Å². The molecule has 0 unspecified atom stereocenters. The van der Waals surface area contributed by atoms with E-state index in [-0.39, 0.29) is 29.3 Å². The molecule has 0 bridgehead atoms. The van der Waals surface area contributed by atoms with Crippen LogP contribution in [0.15, 0.2) is 35.1 Å². The highest BCUT2D eigenvalue weighted by Crippen LogP contribution is 2.22. The van der Waals surface area contributed by atoms with Crippen LogP contribution >= 0.6 is 0 Å². The molecule has 0 saturated heterocycles. The second-order valence-corrected chi connectivity index (χ2v) is 6.50. The molecule has 0 aliphatic heterocycles. The molecule has 10 heteroatoms. The van der Waals surface area contributed by atoms with Crippen LogP contribution in [-0.4, -0.2) is 27.8 Å². The van der Waals surface area contributed by atoms with Crippen molar-refractivity contribution in [2.75, 3.05) is 12.4 Å². The minimum absolute atomic E-state index is 0.0270. The number of esters is 1. The number of aryl methyl sites for hydroxylation is 2. The number of carbonyl (C=O) groups is 1. The number of carbonyl (C=O) groups excluding carboxylic acids is 1. The maximum Gasteiger partial charge on any atom is 0.337 e. The Bertz CT molecular complexity index is 1170. The van der Waals surface area contributed by atoms with Crippen LogP contribution < -0.4 is 10.9 Å². The number of rotatable bonds is 5. The Morgan fingerprint density at radius 1 is 1.13 bits per heavy atom. The molecule has 2 aromatic carbocycles. The Labute approximate surface area is 169 Å². The van der Waals surface area contributed by atoms with Crippen LogP contribution in [-0.2, 0) is 11.3 Å². The maximum atomic E-state index is 13.6. The third kappa shape index (κ3) is 4.32. The topological polar surface area (TPSA) is 86.1 Å². The summed E-state index contributed by atoms with van der Waals surface area (Å²) in [6.07, 6.45) is 0. The van der Waals surface area contributed by atoms with E-state index < -0.39 is 29.0 Å². The molecule has 3 rings (SSSR count). The summed E-state index contributed by atoms with van der Waals surface area (Å²) in [5.41, 5.74) is 0.966. The van der Waals surface area contributed by atoms with Gasteiger partial charge in [0.05, 0.1) is 19.2 Å². The molecule has 7 nitrogen and oxygen atoms in total. The van der Waals surface area contributed by atoms with Crippen molar-refractivity contribution in [3.63, 3.8) is 0 Å². The monoisotopic (exact) mass is 418 g/mol. The lowest BCUT2D eigenvalue weighted by Gasteiger charge is -2.15. The summed E-state index contributed by atoms with van der Waals surface area (Å²) in [4.78, 5) is 27.7. The number of halogens is 3. The molecule has 1 N–H and O–H groups in total. The number of ether oxygens (including phenoxy) is 1. The van der Waals surface area contributed by atoms with Crippen molar-refractivity contribution in [1.82, 2.24) is 14.8 Å². The fraction of sp³-hybridized carbons (Fsp3) is 0.200. The van der Waals surface area contributed by atoms with Gasteiger partial charge in [-0.25, -0.2) is 22.6 Å². The highest BCUT2D eigenvalue weighted by Gasteiger charge is 2.15. The van der Waals surface area contributed by atoms with E-state index in [1.165, 1.54) is 24.8 Å². The third-order valence-electron chi connectivity index (χ3n) is 4.31. The lowest BCUT2D eigenvalue weighted by molar-refractivity contribution is 0.0601. The first-order chi connectivity index (χ1) is 14.2. The van der Waals surface area contributed by atoms with Gasteiger partial charge in [-0.2, -0.15) is 10.1 Å². The van der Waals surface area contributed by atoms with Crippen molar-refractivity contribution in [3.8, 4) is 0 Å². The predicted octanol–water partition coefficient (Wildman–Crippen LogP) is 3.25. The maximum absolute atomic E-state index is 13.6. The Kier molecular flexibility index (Phi) is 5.86. The summed E-state index contributed by atoms with van der Waals surface area (Å²) in [6.45, 7) is 3.00. The number of benzene rings is 2. The third-order valence-corrected chi connectivity index (χ3v) is 4.31. The number of nitrogens with zero attached hydrogens (tertiary/aromatic N) is 3. The fourth-order valence-electron chi connectivity index (χ4n) is 2.70. The summed E-state index contributed by atoms with van der Waals surface area (Å²) >= 11 is 0. The molecule has 0 fully saturated rings. The summed E-state index contributed by atoms with van der Waals surface area (Å²) in [7, 11) is 1.25. The molecule has 156 valence electrons. The van der Waals surface area contributed by atoms with Crippen molar-refractivity contribution >= 4 is 17.6 Å². The van der Waals surface area contributed by atoms with Crippen molar-refractivity contribution in [1.29, 1.82) is 0 Å². The molecule has 3 aromatic rings. The van der Waals surface area contributed by atoms with Gasteiger partial charge >= 0.3 is 5.97 Å². The number of hydrogen-bond donors (Lipinski definition) is 1. The van der Waals surface area contributed by atoms with Crippen molar-refractivity contribution in [3.05, 3.63) is 80.5 Å². The molecule has 0 spiro atoms. The molecule has 30 heavy (non-hydrogen) atoms. The van der Waals surface area contributed by atoms with Gasteiger partial charge in [-0.1, -0.05) is 6.07 Å². The summed E-state index contributed by atoms with van der Waals surface area (Å²) in [5.74, 6) is -4.84. The molecule has 0 amide bonds. The lowest BCUT2D eigenvalue weighted by atomic mass is 10.1. The first kappa shape index (κ1) is 21.0. The van der Waals surface area contributed by atoms with Crippen LogP contribution in [0, 0.1) is 31.3 Å². The van der Waals surface area contributed by atoms with Crippen LogP contribution in [0.3, 0.4) is 0 Å². The van der Waals surface area contributed by atoms with Crippen LogP contribution in [0.5, 0.6) is 0 Å². The number of hydrogen-bond acceptors (Lipinski definition) is 6. The Hall–Kier alpha value is -3.69. The van der Waals surface area contributed by atoms with Crippen LogP contribution in [0.4, 0.5) is 24.8 Å². The van der Waals surface area contributed by atoms with E-state index in [1.807, 2.05) is 0 Å². The van der Waals surface area contributed by atoms with Crippen LogP contribution in [0.1, 0.15) is 27.2 Å². The number of anilines is 2. The molecule has 1 aromatic heterocycles. The minimum atomic E-state index is -1.57. The minimum Gasteiger partial charge on any atom is -0.465 e. The summed E-state index contributed by atoms with van der Waals surface area (Å²) < 4.78 is 46.3. The van der Waals surface area contributed by atoms with Crippen molar-refractivity contribution < 1.29 is 22.7 Å². The highest BCUT2D eigenvalue weighted by atomic mass is 19.2. The largest absolute Gasteiger partial charge is 0.465 e. The van der Waals surface area contributed by atoms with Crippen molar-refractivity contribution in [2.45, 2.75) is 20.4 Å². The molecular weight excluding hydrogens is 401 g/mol. The second kappa shape index (κ2) is 8.36. The average molecular weight is 418 g/mol. The quantitative estimate of drug-likeness (QED) is 0.506. The molecule has 0 aliphatic carbocycles. The average Bonchev–Trinajstić information content (AvgIpc) is 2.70. The van der Waals surface area contributed by atoms with E-state index in [9.17, 15) is 22.8 Å². The Morgan fingerprint density at radius 2 is 1.80 bits per heavy atom. The molecule has 0 saturated carbocycles. The molecule has 1 heterocycles. The SMILES string of the molecule is COC(=O)c1ccc(C)c(Nc2nc(=O)c(C)nn2Cc2cc(F)c(F)c(F)c2)c1. The van der Waals surface area contributed by atoms with Crippen LogP contribution in [0.25, 0.3) is 0 Å². The van der Waals surface area contributed by atoms with E-state index in [2.05, 4.69) is 15.4 Å². The van der Waals surface area contributed by atoms with Gasteiger partial charge in [0.25, 0.3) is 5.56 Å². The fourth-order valence-corrected chi connectivity index (χ4v) is 2.70. The Balaban J connectivity index is 2.03. The summed E-state index contributed by atoms with van der Waals surface area (Å²) in [5, 5.41) is 7.01. The standard InChI is InChI=1S/C20H17F3N4O3/c1-10-4-5-13(19(29)30-3)8-16(10)24-20-25-18(28)11(2)26-27(20)9-12-6-14(21)17(23)15(22)7-12/h4-8H,9H2,1-3H3,(H,24,25,28). The van der Waals surface area contributed by atoms with E-state index in [4.69, 9.17) is 4.74 Å². The van der Waals surface area contributed by atoms with E-state index in [1.54, 1.807) is 19.1 Å². The number of aromatic nitrogens is 3. The first-order valence-corrected chi connectivity index (χ1v) is 8.74.